The summed E-state index contributed by atoms with van der Waals surface area (Å²) in [7, 11) is 0. The molecule has 0 bridgehead atoms. The molecule has 0 saturated heterocycles. The third kappa shape index (κ3) is 16.7. The van der Waals surface area contributed by atoms with Gasteiger partial charge in [-0.2, -0.15) is 0 Å². The molecule has 10 heterocycles. The summed E-state index contributed by atoms with van der Waals surface area (Å²) in [4.78, 5) is 13.7. The first-order valence-corrected chi connectivity index (χ1v) is 52.8. The molecule has 4 nitrogen and oxygen atoms in total. The summed E-state index contributed by atoms with van der Waals surface area (Å²) in [6.45, 7) is 23.6. The number of hydrogen-bond donors (Lipinski definition) is 0. The number of aromatic nitrogens is 4. The second kappa shape index (κ2) is 37.9. The van der Waals surface area contributed by atoms with Gasteiger partial charge >= 0.3 is 661 Å². The molecule has 4 unspecified atom stereocenters. The van der Waals surface area contributed by atoms with Crippen molar-refractivity contribution in [3.05, 3.63) is 152 Å². The minimum atomic E-state index is -0.852. The van der Waals surface area contributed by atoms with Crippen LogP contribution in [0, 0.1) is 46.9 Å². The molecule has 15 rings (SSSR count). The standard InChI is InChI=1S/C96H110F4N4S8Se2/c1-11-21-27-29-35-61-37-39-69(105-61)71-41-43-73(107-71)81-85(97)87(99)83(91-89(81)101-111-103-91)79-47-45-77(113-79)75-51-67-93(109-75)63-49-66-64(50-65(63)95(67,53-57(17-7)31-23-13-3)54-58(18-8)32-24-14-4)94-68(96(66,55-59(19-9)33-25-15-5)56-60(20-10)34-26-16-6)52-76(110-94)78-46-48-80(114-78)84-88(100)86(98)82(90-92(84)104-112-102-90)74-44-42-72(108-74)70-40-38-62(106-70)36-30-28-22-12-2/h37-52,57-60H,11-36,53-56H2,1-10H3. The van der Waals surface area contributed by atoms with Crippen LogP contribution in [0.4, 0.5) is 17.6 Å². The Labute approximate surface area is 719 Å². The second-order valence-corrected chi connectivity index (χ2v) is 45.0. The monoisotopic (exact) mass is 1810 g/mol. The molecule has 0 fully saturated rings. The van der Waals surface area contributed by atoms with Crippen LogP contribution in [0.5, 0.6) is 0 Å². The van der Waals surface area contributed by atoms with Crippen molar-refractivity contribution in [1.29, 1.82) is 0 Å². The summed E-state index contributed by atoms with van der Waals surface area (Å²) in [5.74, 6) is -1.33. The molecular formula is C96H110F4N4S8Se2. The van der Waals surface area contributed by atoms with Crippen LogP contribution in [0.1, 0.15) is 281 Å². The van der Waals surface area contributed by atoms with Crippen LogP contribution < -0.4 is 0 Å². The molecule has 0 amide bonds. The fraction of sp³-hybridized carbons (Fsp3) is 0.479. The van der Waals surface area contributed by atoms with Gasteiger partial charge in [0.25, 0.3) is 0 Å². The van der Waals surface area contributed by atoms with Crippen LogP contribution >= 0.6 is 91.5 Å². The number of benzene rings is 3. The second-order valence-electron chi connectivity index (χ2n) is 32.8. The van der Waals surface area contributed by atoms with E-state index in [0.29, 0.717) is 55.5 Å². The maximum absolute atomic E-state index is 17.6. The molecule has 114 heavy (non-hydrogen) atoms. The van der Waals surface area contributed by atoms with Crippen molar-refractivity contribution in [2.24, 2.45) is 23.7 Å². The summed E-state index contributed by atoms with van der Waals surface area (Å²) in [6, 6.07) is 36.1. The molecule has 0 spiro atoms. The SMILES string of the molecule is CCCCCCc1ccc(-c2ccc(-c3c(F)c(F)c(-c4ccc(-c5cc6c(s5)-c5cc7c(cc5C6(CC(CC)CCCC)CC(CC)CCCC)-c5sc(-c6ccc(-c8c(F)c(F)c(-c9ccc(-c%10ccc(CCCCCC)s%10)s9)c9nsnc89)[se]6)cc5C7(CC(CC)CCCC)CC(CC)CCCC)[se]4)c4nsnc34)s2)s1. The van der Waals surface area contributed by atoms with Gasteiger partial charge in [-0.3, -0.25) is 0 Å². The van der Waals surface area contributed by atoms with Crippen molar-refractivity contribution in [2.45, 2.75) is 273 Å². The third-order valence-corrected chi connectivity index (χ3v) is 39.0. The number of fused-ring (bicyclic) bond motifs is 8. The first kappa shape index (κ1) is 84.2. The Balaban J connectivity index is 0.850. The first-order chi connectivity index (χ1) is 55.7. The van der Waals surface area contributed by atoms with E-state index in [1.54, 1.807) is 22.7 Å². The van der Waals surface area contributed by atoms with E-state index in [9.17, 15) is 0 Å². The fourth-order valence-corrected chi connectivity index (χ4v) is 31.8. The average Bonchev–Trinajstić information content (AvgIpc) is 1.52. The predicted molar refractivity (Wildman–Crippen MR) is 493 cm³/mol. The van der Waals surface area contributed by atoms with Gasteiger partial charge in [-0.1, -0.05) is 52.4 Å². The van der Waals surface area contributed by atoms with E-state index in [1.165, 1.54) is 197 Å². The number of rotatable bonds is 42. The molecular weight excluding hydrogens is 1700 g/mol. The number of unbranched alkanes of at least 4 members (excludes halogenated alkanes) is 10. The molecule has 18 heteroatoms. The van der Waals surface area contributed by atoms with Crippen molar-refractivity contribution >= 4 is 143 Å². The van der Waals surface area contributed by atoms with E-state index >= 15 is 17.6 Å². The third-order valence-electron chi connectivity index (χ3n) is 25.3. The molecule has 10 aromatic heterocycles. The topological polar surface area (TPSA) is 51.6 Å². The van der Waals surface area contributed by atoms with Gasteiger partial charge in [0.05, 0.1) is 0 Å². The summed E-state index contributed by atoms with van der Waals surface area (Å²) in [5, 5.41) is 0. The molecule has 13 aromatic rings. The Morgan fingerprint density at radius 2 is 0.623 bits per heavy atom. The van der Waals surface area contributed by atoms with Crippen LogP contribution in [0.15, 0.2) is 97.1 Å². The Bertz CT molecular complexity index is 5060. The predicted octanol–water partition coefficient (Wildman–Crippen LogP) is 33.3. The summed E-state index contributed by atoms with van der Waals surface area (Å²) >= 11 is 11.9. The van der Waals surface area contributed by atoms with Gasteiger partial charge in [0.15, 0.2) is 0 Å². The van der Waals surface area contributed by atoms with Gasteiger partial charge in [0.1, 0.15) is 0 Å². The number of nitrogens with zero attached hydrogens (tertiary/aromatic N) is 4. The number of aryl methyl sites for hydroxylation is 2. The van der Waals surface area contributed by atoms with Gasteiger partial charge in [0, 0.05) is 0 Å². The normalized spacial score (nSPS) is 16.3. The van der Waals surface area contributed by atoms with Gasteiger partial charge < -0.3 is 0 Å². The zero-order chi connectivity index (χ0) is 79.4. The molecule has 0 N–H and O–H groups in total. The molecule has 2 aliphatic rings. The van der Waals surface area contributed by atoms with E-state index in [4.69, 9.17) is 17.5 Å². The summed E-state index contributed by atoms with van der Waals surface area (Å²) in [6.07, 6.45) is 34.8. The molecule has 0 saturated carbocycles. The van der Waals surface area contributed by atoms with Gasteiger partial charge in [-0.25, -0.2) is 0 Å². The van der Waals surface area contributed by atoms with Crippen molar-refractivity contribution < 1.29 is 17.6 Å². The van der Waals surface area contributed by atoms with Crippen LogP contribution in [0.3, 0.4) is 0 Å². The average molecular weight is 1810 g/mol. The summed E-state index contributed by atoms with van der Waals surface area (Å²) < 4.78 is 92.9. The van der Waals surface area contributed by atoms with Gasteiger partial charge in [-0.05, 0) is 12.8 Å². The molecule has 602 valence electrons. The Kier molecular flexibility index (Phi) is 28.0. The zero-order valence-corrected chi connectivity index (χ0v) is 78.1. The fourth-order valence-electron chi connectivity index (χ4n) is 18.9. The van der Waals surface area contributed by atoms with Crippen LogP contribution in [-0.2, 0) is 23.7 Å². The number of hydrogen-bond acceptors (Lipinski definition) is 12. The van der Waals surface area contributed by atoms with E-state index in [0.717, 1.165) is 142 Å². The first-order valence-electron chi connectivity index (χ1n) is 43.0. The van der Waals surface area contributed by atoms with Crippen molar-refractivity contribution in [2.75, 3.05) is 0 Å². The van der Waals surface area contributed by atoms with Crippen LogP contribution in [0.2, 0.25) is 0 Å². The van der Waals surface area contributed by atoms with Crippen molar-refractivity contribution in [3.63, 3.8) is 0 Å². The van der Waals surface area contributed by atoms with E-state index in [-0.39, 0.29) is 62.1 Å². The molecule has 3 aromatic carbocycles. The molecule has 4 atom stereocenters. The van der Waals surface area contributed by atoms with Crippen LogP contribution in [0.25, 0.3) is 122 Å². The van der Waals surface area contributed by atoms with E-state index in [2.05, 4.69) is 154 Å². The van der Waals surface area contributed by atoms with Gasteiger partial charge in [0.2, 0.25) is 0 Å². The van der Waals surface area contributed by atoms with E-state index < -0.39 is 23.3 Å². The Hall–Kier alpha value is -4.78. The van der Waals surface area contributed by atoms with Crippen molar-refractivity contribution in [3.8, 4) is 99.9 Å². The van der Waals surface area contributed by atoms with Gasteiger partial charge in [-0.15, -0.1) is 0 Å². The minimum absolute atomic E-state index is 0.205. The Morgan fingerprint density at radius 1 is 0.307 bits per heavy atom. The number of halogens is 4. The zero-order valence-electron chi connectivity index (χ0n) is 68.1. The van der Waals surface area contributed by atoms with Crippen LogP contribution in [-0.4, -0.2) is 46.5 Å². The molecule has 2 aliphatic carbocycles. The molecule has 0 radical (unpaired) electrons. The molecule has 0 aliphatic heterocycles. The van der Waals surface area contributed by atoms with Crippen molar-refractivity contribution in [1.82, 2.24) is 17.5 Å². The Morgan fingerprint density at radius 3 is 0.974 bits per heavy atom. The number of thiophene rings is 6. The summed E-state index contributed by atoms with van der Waals surface area (Å²) in [5.41, 5.74) is 10.9. The van der Waals surface area contributed by atoms with E-state index in [1.807, 2.05) is 34.8 Å². The maximum atomic E-state index is 17.6. The quantitative estimate of drug-likeness (QED) is 0.0217.